The fourth-order valence-electron chi connectivity index (χ4n) is 3.00. The molecule has 0 amide bonds. The van der Waals surface area contributed by atoms with Gasteiger partial charge in [-0.1, -0.05) is 60.7 Å². The van der Waals surface area contributed by atoms with Crippen LogP contribution in [0.5, 0.6) is 0 Å². The third-order valence-corrected chi connectivity index (χ3v) is 4.06. The van der Waals surface area contributed by atoms with Crippen LogP contribution in [0.25, 0.3) is 0 Å². The number of hydrogen-bond donors (Lipinski definition) is 0. The van der Waals surface area contributed by atoms with E-state index >= 15 is 0 Å². The Bertz CT molecular complexity index is 498. The molecule has 1 heteroatoms. The Labute approximate surface area is 115 Å². The van der Waals surface area contributed by atoms with Crippen molar-refractivity contribution in [2.24, 2.45) is 0 Å². The Morgan fingerprint density at radius 3 is 2.21 bits per heavy atom. The first-order valence-electron chi connectivity index (χ1n) is 7.12. The Hall–Kier alpha value is -1.60. The molecular weight excluding hydrogens is 232 g/mol. The maximum Gasteiger partial charge on any atom is 0.0935 e. The van der Waals surface area contributed by atoms with Gasteiger partial charge in [-0.25, -0.2) is 0 Å². The van der Waals surface area contributed by atoms with Crippen molar-refractivity contribution in [3.63, 3.8) is 0 Å². The molecule has 1 heterocycles. The van der Waals surface area contributed by atoms with Gasteiger partial charge in [0.25, 0.3) is 0 Å². The van der Waals surface area contributed by atoms with Gasteiger partial charge in [0.2, 0.25) is 0 Å². The summed E-state index contributed by atoms with van der Waals surface area (Å²) in [5.74, 6) is 0. The lowest BCUT2D eigenvalue weighted by molar-refractivity contribution is -0.00691. The first-order valence-corrected chi connectivity index (χ1v) is 7.12. The molecular formula is C18H20O. The van der Waals surface area contributed by atoms with Crippen molar-refractivity contribution in [2.75, 3.05) is 6.61 Å². The fourth-order valence-corrected chi connectivity index (χ4v) is 3.00. The zero-order valence-electron chi connectivity index (χ0n) is 11.2. The minimum absolute atomic E-state index is 0.0584. The average Bonchev–Trinajstić information content (AvgIpc) is 2.97. The highest BCUT2D eigenvalue weighted by molar-refractivity contribution is 5.24. The quantitative estimate of drug-likeness (QED) is 0.787. The minimum Gasteiger partial charge on any atom is -0.370 e. The van der Waals surface area contributed by atoms with Crippen LogP contribution in [0, 0.1) is 0 Å². The Kier molecular flexibility index (Phi) is 3.65. The van der Waals surface area contributed by atoms with Crippen molar-refractivity contribution >= 4 is 0 Å². The van der Waals surface area contributed by atoms with Crippen LogP contribution in [0.3, 0.4) is 0 Å². The molecule has 0 unspecified atom stereocenters. The van der Waals surface area contributed by atoms with Gasteiger partial charge in [-0.05, 0) is 36.8 Å². The normalized spacial score (nSPS) is 22.5. The van der Waals surface area contributed by atoms with Crippen LogP contribution in [0.2, 0.25) is 0 Å². The lowest BCUT2D eigenvalue weighted by Crippen LogP contribution is -2.25. The van der Waals surface area contributed by atoms with Gasteiger partial charge in [0, 0.05) is 6.61 Å². The summed E-state index contributed by atoms with van der Waals surface area (Å²) in [5.41, 5.74) is 2.67. The third-order valence-electron chi connectivity index (χ3n) is 4.06. The number of rotatable bonds is 4. The van der Waals surface area contributed by atoms with Gasteiger partial charge >= 0.3 is 0 Å². The van der Waals surface area contributed by atoms with Crippen LogP contribution in [0.15, 0.2) is 60.7 Å². The van der Waals surface area contributed by atoms with E-state index in [0.29, 0.717) is 0 Å². The summed E-state index contributed by atoms with van der Waals surface area (Å²) in [6.07, 6.45) is 4.46. The van der Waals surface area contributed by atoms with E-state index in [0.717, 1.165) is 25.9 Å². The molecule has 1 saturated heterocycles. The summed E-state index contributed by atoms with van der Waals surface area (Å²) in [4.78, 5) is 0. The van der Waals surface area contributed by atoms with Crippen molar-refractivity contribution in [3.05, 3.63) is 71.8 Å². The van der Waals surface area contributed by atoms with E-state index in [2.05, 4.69) is 60.7 Å². The summed E-state index contributed by atoms with van der Waals surface area (Å²) in [6.45, 7) is 0.893. The summed E-state index contributed by atoms with van der Waals surface area (Å²) < 4.78 is 6.15. The molecule has 0 aliphatic carbocycles. The van der Waals surface area contributed by atoms with Gasteiger partial charge in [0.1, 0.15) is 0 Å². The van der Waals surface area contributed by atoms with Crippen molar-refractivity contribution in [1.82, 2.24) is 0 Å². The highest BCUT2D eigenvalue weighted by Gasteiger charge is 2.36. The first kappa shape index (κ1) is 12.4. The van der Waals surface area contributed by atoms with Crippen LogP contribution < -0.4 is 0 Å². The molecule has 1 atom stereocenters. The molecule has 0 saturated carbocycles. The van der Waals surface area contributed by atoms with E-state index in [9.17, 15) is 0 Å². The van der Waals surface area contributed by atoms with Crippen molar-refractivity contribution < 1.29 is 4.74 Å². The average molecular weight is 252 g/mol. The molecule has 1 aliphatic rings. The van der Waals surface area contributed by atoms with Crippen LogP contribution in [0.4, 0.5) is 0 Å². The maximum absolute atomic E-state index is 6.15. The smallest absolute Gasteiger partial charge is 0.0935 e. The number of aryl methyl sites for hydroxylation is 1. The van der Waals surface area contributed by atoms with Crippen molar-refractivity contribution in [1.29, 1.82) is 0 Å². The van der Waals surface area contributed by atoms with Crippen LogP contribution in [-0.2, 0) is 16.8 Å². The topological polar surface area (TPSA) is 9.23 Å². The standard InChI is InChI=1S/C18H20O/c1-3-8-16(9-4-1)12-14-18(13-7-15-19-18)17-10-5-2-6-11-17/h1-6,8-11H,7,12-15H2/t18-/m0/s1. The van der Waals surface area contributed by atoms with Crippen LogP contribution >= 0.6 is 0 Å². The lowest BCUT2D eigenvalue weighted by atomic mass is 9.85. The van der Waals surface area contributed by atoms with E-state index in [1.807, 2.05) is 0 Å². The number of benzene rings is 2. The second-order valence-electron chi connectivity index (χ2n) is 5.30. The predicted molar refractivity (Wildman–Crippen MR) is 78.1 cm³/mol. The molecule has 1 aliphatic heterocycles. The molecule has 1 fully saturated rings. The molecule has 2 aromatic carbocycles. The molecule has 0 spiro atoms. The lowest BCUT2D eigenvalue weighted by Gasteiger charge is -2.29. The fraction of sp³-hybridized carbons (Fsp3) is 0.333. The van der Waals surface area contributed by atoms with Crippen molar-refractivity contribution in [3.8, 4) is 0 Å². The maximum atomic E-state index is 6.15. The van der Waals surface area contributed by atoms with Gasteiger partial charge in [-0.3, -0.25) is 0 Å². The van der Waals surface area contributed by atoms with E-state index in [1.165, 1.54) is 17.5 Å². The largest absolute Gasteiger partial charge is 0.370 e. The third kappa shape index (κ3) is 2.71. The Morgan fingerprint density at radius 1 is 0.895 bits per heavy atom. The van der Waals surface area contributed by atoms with Crippen LogP contribution in [-0.4, -0.2) is 6.61 Å². The van der Waals surface area contributed by atoms with E-state index < -0.39 is 0 Å². The Balaban J connectivity index is 1.78. The zero-order valence-corrected chi connectivity index (χ0v) is 11.2. The van der Waals surface area contributed by atoms with Gasteiger partial charge in [-0.2, -0.15) is 0 Å². The highest BCUT2D eigenvalue weighted by Crippen LogP contribution is 2.39. The van der Waals surface area contributed by atoms with E-state index in [4.69, 9.17) is 4.74 Å². The summed E-state index contributed by atoms with van der Waals surface area (Å²) in [6, 6.07) is 21.4. The molecule has 2 aromatic rings. The summed E-state index contributed by atoms with van der Waals surface area (Å²) in [5, 5.41) is 0. The summed E-state index contributed by atoms with van der Waals surface area (Å²) in [7, 11) is 0. The molecule has 0 bridgehead atoms. The van der Waals surface area contributed by atoms with Crippen molar-refractivity contribution in [2.45, 2.75) is 31.3 Å². The molecule has 1 nitrogen and oxygen atoms in total. The van der Waals surface area contributed by atoms with Crippen LogP contribution in [0.1, 0.15) is 30.4 Å². The number of hydrogen-bond acceptors (Lipinski definition) is 1. The second-order valence-corrected chi connectivity index (χ2v) is 5.30. The Morgan fingerprint density at radius 2 is 1.58 bits per heavy atom. The molecule has 98 valence electrons. The van der Waals surface area contributed by atoms with Gasteiger partial charge in [0.05, 0.1) is 5.60 Å². The molecule has 19 heavy (non-hydrogen) atoms. The zero-order chi connectivity index (χ0) is 13.0. The molecule has 3 rings (SSSR count). The summed E-state index contributed by atoms with van der Waals surface area (Å²) >= 11 is 0. The van der Waals surface area contributed by atoms with Gasteiger partial charge < -0.3 is 4.74 Å². The van der Waals surface area contributed by atoms with Gasteiger partial charge in [0.15, 0.2) is 0 Å². The minimum atomic E-state index is -0.0584. The predicted octanol–water partition coefficient (Wildman–Crippen LogP) is 4.33. The van der Waals surface area contributed by atoms with E-state index in [-0.39, 0.29) is 5.60 Å². The first-order chi connectivity index (χ1) is 9.39. The van der Waals surface area contributed by atoms with Gasteiger partial charge in [-0.15, -0.1) is 0 Å². The SMILES string of the molecule is c1ccc(CC[C@]2(c3ccccc3)CCCO2)cc1. The highest BCUT2D eigenvalue weighted by atomic mass is 16.5. The monoisotopic (exact) mass is 252 g/mol. The second kappa shape index (κ2) is 5.58. The molecule has 0 aromatic heterocycles. The molecule has 0 radical (unpaired) electrons. The molecule has 0 N–H and O–H groups in total. The number of ether oxygens (including phenoxy) is 1. The van der Waals surface area contributed by atoms with E-state index in [1.54, 1.807) is 0 Å².